The van der Waals surface area contributed by atoms with Gasteiger partial charge in [0, 0.05) is 18.8 Å². The number of nitrogens with zero attached hydrogens (tertiary/aromatic N) is 5. The Labute approximate surface area is 156 Å². The molecule has 1 unspecified atom stereocenters. The molecule has 0 amide bonds. The second-order valence-electron chi connectivity index (χ2n) is 8.36. The number of hydrogen-bond acceptors (Lipinski definition) is 4. The van der Waals surface area contributed by atoms with E-state index in [9.17, 15) is 0 Å². The van der Waals surface area contributed by atoms with Gasteiger partial charge in [0.1, 0.15) is 0 Å². The van der Waals surface area contributed by atoms with Gasteiger partial charge in [-0.15, -0.1) is 0 Å². The summed E-state index contributed by atoms with van der Waals surface area (Å²) in [5.41, 5.74) is 4.80. The average molecular weight is 354 g/mol. The number of rotatable bonds is 6. The summed E-state index contributed by atoms with van der Waals surface area (Å²) in [4.78, 5) is 2.64. The summed E-state index contributed by atoms with van der Waals surface area (Å²) in [6.07, 6.45) is 9.87. The fourth-order valence-electron chi connectivity index (χ4n) is 4.80. The lowest BCUT2D eigenvalue weighted by Gasteiger charge is -2.32. The van der Waals surface area contributed by atoms with Crippen molar-refractivity contribution < 1.29 is 0 Å². The van der Waals surface area contributed by atoms with Gasteiger partial charge >= 0.3 is 0 Å². The van der Waals surface area contributed by atoms with Crippen LogP contribution < -0.4 is 0 Å². The SMILES string of the molecule is CCCN1CCC2(CC1)CC2CCc1ccc(-c2cn(C)nc2C)nn1. The topological polar surface area (TPSA) is 46.8 Å². The average Bonchev–Trinajstić information content (AvgIpc) is 3.20. The molecule has 26 heavy (non-hydrogen) atoms. The predicted octanol–water partition coefficient (Wildman–Crippen LogP) is 3.63. The largest absolute Gasteiger partial charge is 0.303 e. The molecule has 4 rings (SSSR count). The van der Waals surface area contributed by atoms with Crippen LogP contribution in [0.1, 0.15) is 50.4 Å². The lowest BCUT2D eigenvalue weighted by Crippen LogP contribution is -2.35. The summed E-state index contributed by atoms with van der Waals surface area (Å²) < 4.78 is 1.83. The first-order chi connectivity index (χ1) is 12.6. The first kappa shape index (κ1) is 17.7. The first-order valence-corrected chi connectivity index (χ1v) is 10.2. The van der Waals surface area contributed by atoms with Crippen LogP contribution in [0.15, 0.2) is 18.3 Å². The molecule has 140 valence electrons. The minimum absolute atomic E-state index is 0.671. The van der Waals surface area contributed by atoms with Crippen LogP contribution in [0, 0.1) is 18.3 Å². The van der Waals surface area contributed by atoms with Crippen LogP contribution in [0.3, 0.4) is 0 Å². The first-order valence-electron chi connectivity index (χ1n) is 10.2. The molecule has 2 aromatic rings. The quantitative estimate of drug-likeness (QED) is 0.796. The van der Waals surface area contributed by atoms with Crippen molar-refractivity contribution in [3.63, 3.8) is 0 Å². The van der Waals surface area contributed by atoms with E-state index >= 15 is 0 Å². The highest BCUT2D eigenvalue weighted by Crippen LogP contribution is 2.61. The van der Waals surface area contributed by atoms with Gasteiger partial charge in [-0.3, -0.25) is 4.68 Å². The lowest BCUT2D eigenvalue weighted by atomic mass is 9.89. The highest BCUT2D eigenvalue weighted by Gasteiger charge is 2.53. The summed E-state index contributed by atoms with van der Waals surface area (Å²) in [7, 11) is 1.94. The van der Waals surface area contributed by atoms with Crippen LogP contribution in [0.4, 0.5) is 0 Å². The monoisotopic (exact) mass is 353 g/mol. The Morgan fingerprint density at radius 3 is 2.62 bits per heavy atom. The second kappa shape index (κ2) is 7.10. The lowest BCUT2D eigenvalue weighted by molar-refractivity contribution is 0.162. The molecule has 0 radical (unpaired) electrons. The minimum atomic E-state index is 0.671. The molecule has 1 saturated carbocycles. The van der Waals surface area contributed by atoms with Crippen LogP contribution in [0.5, 0.6) is 0 Å². The Balaban J connectivity index is 1.29. The molecule has 1 aliphatic carbocycles. The van der Waals surface area contributed by atoms with E-state index in [1.807, 2.05) is 24.9 Å². The Morgan fingerprint density at radius 2 is 2.00 bits per heavy atom. The molecule has 5 heteroatoms. The van der Waals surface area contributed by atoms with E-state index < -0.39 is 0 Å². The van der Waals surface area contributed by atoms with Gasteiger partial charge in [-0.1, -0.05) is 6.92 Å². The molecule has 2 fully saturated rings. The number of hydrogen-bond donors (Lipinski definition) is 0. The predicted molar refractivity (Wildman–Crippen MR) is 104 cm³/mol. The van der Waals surface area contributed by atoms with Crippen LogP contribution >= 0.6 is 0 Å². The fourth-order valence-corrected chi connectivity index (χ4v) is 4.80. The van der Waals surface area contributed by atoms with Gasteiger partial charge in [-0.25, -0.2) is 0 Å². The highest BCUT2D eigenvalue weighted by molar-refractivity contribution is 5.60. The Hall–Kier alpha value is -1.75. The van der Waals surface area contributed by atoms with Gasteiger partial charge in [0.2, 0.25) is 0 Å². The Kier molecular flexibility index (Phi) is 4.82. The van der Waals surface area contributed by atoms with Crippen molar-refractivity contribution in [3.05, 3.63) is 29.7 Å². The zero-order valence-electron chi connectivity index (χ0n) is 16.4. The summed E-state index contributed by atoms with van der Waals surface area (Å²) in [5, 5.41) is 13.3. The molecular formula is C21H31N5. The number of piperidine rings is 1. The van der Waals surface area contributed by atoms with E-state index in [0.717, 1.165) is 35.0 Å². The third-order valence-electron chi connectivity index (χ3n) is 6.51. The van der Waals surface area contributed by atoms with E-state index in [0.29, 0.717) is 5.41 Å². The maximum Gasteiger partial charge on any atom is 0.0964 e. The molecule has 1 spiro atoms. The van der Waals surface area contributed by atoms with Crippen molar-refractivity contribution in [1.82, 2.24) is 24.9 Å². The van der Waals surface area contributed by atoms with Crippen molar-refractivity contribution >= 4 is 0 Å². The molecule has 0 bridgehead atoms. The zero-order valence-corrected chi connectivity index (χ0v) is 16.4. The van der Waals surface area contributed by atoms with E-state index in [2.05, 4.69) is 39.3 Å². The molecule has 1 aliphatic heterocycles. The van der Waals surface area contributed by atoms with Gasteiger partial charge in [-0.05, 0) is 88.5 Å². The zero-order chi connectivity index (χ0) is 18.1. The Bertz CT molecular complexity index is 740. The van der Waals surface area contributed by atoms with Crippen LogP contribution in [0.25, 0.3) is 11.3 Å². The van der Waals surface area contributed by atoms with Gasteiger partial charge in [0.05, 0.1) is 17.1 Å². The van der Waals surface area contributed by atoms with Crippen LogP contribution in [-0.4, -0.2) is 44.5 Å². The fraction of sp³-hybridized carbons (Fsp3) is 0.667. The normalized spacial score (nSPS) is 22.0. The van der Waals surface area contributed by atoms with E-state index in [4.69, 9.17) is 0 Å². The van der Waals surface area contributed by atoms with Crippen LogP contribution in [0.2, 0.25) is 0 Å². The van der Waals surface area contributed by atoms with Crippen molar-refractivity contribution in [2.24, 2.45) is 18.4 Å². The van der Waals surface area contributed by atoms with Crippen molar-refractivity contribution in [3.8, 4) is 11.3 Å². The minimum Gasteiger partial charge on any atom is -0.303 e. The molecule has 2 aliphatic rings. The second-order valence-corrected chi connectivity index (χ2v) is 8.36. The molecule has 0 aromatic carbocycles. The van der Waals surface area contributed by atoms with Crippen molar-refractivity contribution in [2.45, 2.75) is 52.4 Å². The third kappa shape index (κ3) is 3.54. The molecular weight excluding hydrogens is 322 g/mol. The molecule has 2 aromatic heterocycles. The molecule has 0 N–H and O–H groups in total. The maximum atomic E-state index is 4.48. The molecule has 5 nitrogen and oxygen atoms in total. The number of likely N-dealkylation sites (tertiary alicyclic amines) is 1. The van der Waals surface area contributed by atoms with Gasteiger partial charge in [-0.2, -0.15) is 15.3 Å². The third-order valence-corrected chi connectivity index (χ3v) is 6.51. The highest BCUT2D eigenvalue weighted by atomic mass is 15.3. The summed E-state index contributed by atoms with van der Waals surface area (Å²) in [6, 6.07) is 4.24. The summed E-state index contributed by atoms with van der Waals surface area (Å²) in [5.74, 6) is 0.910. The number of aryl methyl sites for hydroxylation is 3. The standard InChI is InChI=1S/C21H31N5/c1-4-11-26-12-9-21(10-13-26)14-17(21)5-6-18-7-8-20(23-22-18)19-15-25(3)24-16(19)2/h7-8,15,17H,4-6,9-14H2,1-3H3. The Morgan fingerprint density at radius 1 is 1.19 bits per heavy atom. The molecule has 1 atom stereocenters. The van der Waals surface area contributed by atoms with Crippen molar-refractivity contribution in [1.29, 1.82) is 0 Å². The van der Waals surface area contributed by atoms with E-state index in [-0.39, 0.29) is 0 Å². The van der Waals surface area contributed by atoms with E-state index in [1.165, 1.54) is 51.7 Å². The summed E-state index contributed by atoms with van der Waals surface area (Å²) >= 11 is 0. The molecule has 1 saturated heterocycles. The number of aromatic nitrogens is 4. The van der Waals surface area contributed by atoms with Crippen molar-refractivity contribution in [2.75, 3.05) is 19.6 Å². The van der Waals surface area contributed by atoms with Crippen LogP contribution in [-0.2, 0) is 13.5 Å². The summed E-state index contributed by atoms with van der Waals surface area (Å²) in [6.45, 7) is 8.20. The van der Waals surface area contributed by atoms with Gasteiger partial charge in [0.15, 0.2) is 0 Å². The smallest absolute Gasteiger partial charge is 0.0964 e. The van der Waals surface area contributed by atoms with E-state index in [1.54, 1.807) is 0 Å². The van der Waals surface area contributed by atoms with Gasteiger partial charge in [0.25, 0.3) is 0 Å². The molecule has 3 heterocycles. The maximum absolute atomic E-state index is 4.48. The van der Waals surface area contributed by atoms with Gasteiger partial charge < -0.3 is 4.90 Å².